The number of sulfonamides is 1. The maximum absolute atomic E-state index is 13.4. The summed E-state index contributed by atoms with van der Waals surface area (Å²) < 4.78 is 34.5. The summed E-state index contributed by atoms with van der Waals surface area (Å²) in [7, 11) is -3.86. The number of nitrogens with zero attached hydrogens (tertiary/aromatic N) is 1. The zero-order valence-electron chi connectivity index (χ0n) is 17.7. The van der Waals surface area contributed by atoms with Gasteiger partial charge in [-0.1, -0.05) is 27.5 Å². The first-order valence-corrected chi connectivity index (χ1v) is 12.7. The minimum atomic E-state index is -3.86. The van der Waals surface area contributed by atoms with Crippen molar-refractivity contribution < 1.29 is 17.9 Å². The number of carbonyl (C=O) groups is 1. The van der Waals surface area contributed by atoms with Crippen LogP contribution in [-0.2, 0) is 14.8 Å². The van der Waals surface area contributed by atoms with Crippen molar-refractivity contribution in [2.24, 2.45) is 5.92 Å². The van der Waals surface area contributed by atoms with Gasteiger partial charge < -0.3 is 10.1 Å². The molecule has 1 aliphatic heterocycles. The first-order chi connectivity index (χ1) is 14.6. The Morgan fingerprint density at radius 2 is 1.94 bits per heavy atom. The lowest BCUT2D eigenvalue weighted by Gasteiger charge is -2.32. The summed E-state index contributed by atoms with van der Waals surface area (Å²) in [5.74, 6) is -0.357. The molecule has 1 heterocycles. The van der Waals surface area contributed by atoms with Crippen LogP contribution in [0.3, 0.4) is 0 Å². The zero-order chi connectivity index (χ0) is 22.8. The Hall–Kier alpha value is -1.61. The van der Waals surface area contributed by atoms with E-state index >= 15 is 0 Å². The van der Waals surface area contributed by atoms with Gasteiger partial charge in [-0.25, -0.2) is 8.42 Å². The molecule has 1 N–H and O–H groups in total. The summed E-state index contributed by atoms with van der Waals surface area (Å²) >= 11 is 9.52. The monoisotopic (exact) mass is 528 g/mol. The molecule has 0 bridgehead atoms. The fourth-order valence-electron chi connectivity index (χ4n) is 3.81. The van der Waals surface area contributed by atoms with Crippen LogP contribution in [-0.4, -0.2) is 38.3 Å². The van der Waals surface area contributed by atoms with Crippen LogP contribution >= 0.6 is 27.5 Å². The number of amides is 1. The van der Waals surface area contributed by atoms with E-state index in [-0.39, 0.29) is 23.1 Å². The van der Waals surface area contributed by atoms with Gasteiger partial charge in [0.1, 0.15) is 10.6 Å². The van der Waals surface area contributed by atoms with Gasteiger partial charge in [0, 0.05) is 28.3 Å². The molecule has 9 heteroatoms. The molecular formula is C22H26BrClN2O4S. The Labute approximate surface area is 197 Å². The average Bonchev–Trinajstić information content (AvgIpc) is 2.72. The van der Waals surface area contributed by atoms with Crippen molar-refractivity contribution in [3.8, 4) is 5.75 Å². The molecule has 0 spiro atoms. The molecule has 1 unspecified atom stereocenters. The minimum Gasteiger partial charge on any atom is -0.492 e. The van der Waals surface area contributed by atoms with Crippen molar-refractivity contribution in [1.82, 2.24) is 4.31 Å². The number of halogens is 2. The Bertz CT molecular complexity index is 1070. The number of hydrogen-bond donors (Lipinski definition) is 1. The summed E-state index contributed by atoms with van der Waals surface area (Å²) in [6.45, 7) is 6.44. The SMILES string of the molecule is CCOc1ccc(Cl)cc1S(=O)(=O)N1CCCC(C(=O)Nc2c(C)cc(Br)cc2C)C1. The van der Waals surface area contributed by atoms with Gasteiger partial charge in [0.05, 0.1) is 12.5 Å². The fraction of sp³-hybridized carbons (Fsp3) is 0.409. The Balaban J connectivity index is 1.82. The third-order valence-electron chi connectivity index (χ3n) is 5.32. The zero-order valence-corrected chi connectivity index (χ0v) is 20.9. The van der Waals surface area contributed by atoms with Gasteiger partial charge in [0.15, 0.2) is 0 Å². The van der Waals surface area contributed by atoms with E-state index in [9.17, 15) is 13.2 Å². The molecule has 1 aliphatic rings. The van der Waals surface area contributed by atoms with Crippen molar-refractivity contribution in [2.45, 2.75) is 38.5 Å². The number of hydrogen-bond acceptors (Lipinski definition) is 4. The highest BCUT2D eigenvalue weighted by Crippen LogP contribution is 2.33. The molecule has 6 nitrogen and oxygen atoms in total. The molecule has 0 radical (unpaired) electrons. The number of rotatable bonds is 6. The number of piperidine rings is 1. The maximum Gasteiger partial charge on any atom is 0.246 e. The minimum absolute atomic E-state index is 0.0301. The molecule has 1 amide bonds. The summed E-state index contributed by atoms with van der Waals surface area (Å²) in [6.07, 6.45) is 1.22. The van der Waals surface area contributed by atoms with E-state index in [4.69, 9.17) is 16.3 Å². The van der Waals surface area contributed by atoms with Gasteiger partial charge in [-0.3, -0.25) is 4.79 Å². The van der Waals surface area contributed by atoms with Crippen LogP contribution in [0.1, 0.15) is 30.9 Å². The third kappa shape index (κ3) is 5.42. The number of ether oxygens (including phenoxy) is 1. The molecule has 2 aromatic rings. The predicted octanol–water partition coefficient (Wildman–Crippen LogP) is 5.16. The summed E-state index contributed by atoms with van der Waals surface area (Å²) in [6, 6.07) is 8.44. The molecule has 0 aliphatic carbocycles. The lowest BCUT2D eigenvalue weighted by molar-refractivity contribution is -0.120. The third-order valence-corrected chi connectivity index (χ3v) is 7.90. The Morgan fingerprint density at radius 1 is 1.26 bits per heavy atom. The van der Waals surface area contributed by atoms with E-state index < -0.39 is 15.9 Å². The fourth-order valence-corrected chi connectivity index (χ4v) is 6.41. The van der Waals surface area contributed by atoms with E-state index in [1.54, 1.807) is 19.1 Å². The van der Waals surface area contributed by atoms with Crippen LogP contribution in [0.15, 0.2) is 39.7 Å². The molecule has 1 fully saturated rings. The van der Waals surface area contributed by atoms with Crippen molar-refractivity contribution >= 4 is 49.1 Å². The lowest BCUT2D eigenvalue weighted by Crippen LogP contribution is -2.43. The Kier molecular flexibility index (Phi) is 7.68. The summed E-state index contributed by atoms with van der Waals surface area (Å²) in [5.41, 5.74) is 2.66. The van der Waals surface area contributed by atoms with Gasteiger partial charge >= 0.3 is 0 Å². The van der Waals surface area contributed by atoms with Crippen LogP contribution in [0.5, 0.6) is 5.75 Å². The highest BCUT2D eigenvalue weighted by atomic mass is 79.9. The van der Waals surface area contributed by atoms with Crippen LogP contribution in [0.4, 0.5) is 5.69 Å². The van der Waals surface area contributed by atoms with Crippen LogP contribution in [0, 0.1) is 19.8 Å². The summed E-state index contributed by atoms with van der Waals surface area (Å²) in [4.78, 5) is 13.0. The molecule has 0 aromatic heterocycles. The van der Waals surface area contributed by atoms with E-state index in [1.165, 1.54) is 10.4 Å². The molecule has 31 heavy (non-hydrogen) atoms. The van der Waals surface area contributed by atoms with Gasteiger partial charge in [0.25, 0.3) is 0 Å². The van der Waals surface area contributed by atoms with Crippen molar-refractivity contribution in [2.75, 3.05) is 25.0 Å². The molecular weight excluding hydrogens is 504 g/mol. The quantitative estimate of drug-likeness (QED) is 0.561. The molecule has 2 aromatic carbocycles. The van der Waals surface area contributed by atoms with Gasteiger partial charge in [-0.05, 0) is 75.1 Å². The lowest BCUT2D eigenvalue weighted by atomic mass is 9.98. The van der Waals surface area contributed by atoms with Crippen molar-refractivity contribution in [3.63, 3.8) is 0 Å². The number of carbonyl (C=O) groups excluding carboxylic acids is 1. The standard InChI is InChI=1S/C22H26BrClN2O4S/c1-4-30-19-8-7-18(24)12-20(19)31(28,29)26-9-5-6-16(13-26)22(27)25-21-14(2)10-17(23)11-15(21)3/h7-8,10-12,16H,4-6,9,13H2,1-3H3,(H,25,27). The topological polar surface area (TPSA) is 75.7 Å². The molecule has 1 atom stereocenters. The predicted molar refractivity (Wildman–Crippen MR) is 126 cm³/mol. The molecule has 168 valence electrons. The Morgan fingerprint density at radius 3 is 2.58 bits per heavy atom. The van der Waals surface area contributed by atoms with E-state index in [0.29, 0.717) is 31.0 Å². The number of anilines is 1. The first kappa shape index (κ1) is 24.0. The van der Waals surface area contributed by atoms with E-state index in [0.717, 1.165) is 21.3 Å². The normalized spacial score (nSPS) is 17.4. The van der Waals surface area contributed by atoms with Crippen molar-refractivity contribution in [1.29, 1.82) is 0 Å². The molecule has 3 rings (SSSR count). The van der Waals surface area contributed by atoms with Crippen LogP contribution in [0.25, 0.3) is 0 Å². The van der Waals surface area contributed by atoms with E-state index in [2.05, 4.69) is 21.2 Å². The average molecular weight is 530 g/mol. The number of benzene rings is 2. The van der Waals surface area contributed by atoms with Gasteiger partial charge in [-0.15, -0.1) is 0 Å². The highest BCUT2D eigenvalue weighted by molar-refractivity contribution is 9.10. The first-order valence-electron chi connectivity index (χ1n) is 10.1. The van der Waals surface area contributed by atoms with Gasteiger partial charge in [0.2, 0.25) is 15.9 Å². The van der Waals surface area contributed by atoms with Gasteiger partial charge in [-0.2, -0.15) is 4.31 Å². The number of nitrogens with one attached hydrogen (secondary N) is 1. The largest absolute Gasteiger partial charge is 0.492 e. The second-order valence-electron chi connectivity index (χ2n) is 7.63. The molecule has 0 saturated carbocycles. The van der Waals surface area contributed by atoms with Crippen LogP contribution < -0.4 is 10.1 Å². The maximum atomic E-state index is 13.4. The second-order valence-corrected chi connectivity index (χ2v) is 10.9. The van der Waals surface area contributed by atoms with Crippen LogP contribution in [0.2, 0.25) is 5.02 Å². The smallest absolute Gasteiger partial charge is 0.246 e. The summed E-state index contributed by atoms with van der Waals surface area (Å²) in [5, 5.41) is 3.32. The number of aryl methyl sites for hydroxylation is 2. The molecule has 1 saturated heterocycles. The highest BCUT2D eigenvalue weighted by Gasteiger charge is 2.35. The second kappa shape index (κ2) is 9.90. The van der Waals surface area contributed by atoms with Crippen molar-refractivity contribution in [3.05, 3.63) is 51.0 Å². The van der Waals surface area contributed by atoms with E-state index in [1.807, 2.05) is 26.0 Å².